The highest BCUT2D eigenvalue weighted by Gasteiger charge is 2.59. The predicted octanol–water partition coefficient (Wildman–Crippen LogP) is 0.616. The molecule has 1 aliphatic rings. The number of esters is 1. The van der Waals surface area contributed by atoms with Crippen LogP contribution in [0.2, 0.25) is 0 Å². The minimum atomic E-state index is -4.49. The van der Waals surface area contributed by atoms with Gasteiger partial charge in [0, 0.05) is 12.6 Å². The van der Waals surface area contributed by atoms with Crippen LogP contribution in [0.15, 0.2) is 17.1 Å². The third kappa shape index (κ3) is 6.21. The quantitative estimate of drug-likeness (QED) is 0.244. The van der Waals surface area contributed by atoms with E-state index in [-0.39, 0.29) is 24.8 Å². The number of carbonyl (C=O) groups is 1. The topological polar surface area (TPSA) is 199 Å². The van der Waals surface area contributed by atoms with E-state index in [0.29, 0.717) is 0 Å². The van der Waals surface area contributed by atoms with Crippen molar-refractivity contribution >= 4 is 19.5 Å². The molecule has 1 saturated heterocycles. The maximum atomic E-state index is 12.4. The van der Waals surface area contributed by atoms with E-state index in [2.05, 4.69) is 10.1 Å². The first-order valence-electron chi connectivity index (χ1n) is 10.9. The Labute approximate surface area is 197 Å². The zero-order chi connectivity index (χ0) is 25.7. The molecule has 14 heteroatoms. The number of hydrogen-bond donors (Lipinski definition) is 4. The standard InChI is InChI=1S/C20H32N5O8P/c1-5-14(6-2)10-31-17(26)13(3)24-34(29,30)32-11-15-9-19(4,28)20(12-21,33-15)25-8-7-16(22)23-18(25)27/h7-8,13-15,28H,5-6,9-11H2,1-4H3,(H2,22,23,27)(H2,24,29,30)/t13-,15-,19+,20+/m0/s1. The third-order valence-corrected chi connectivity index (χ3v) is 6.98. The second-order valence-corrected chi connectivity index (χ2v) is 10.0. The highest BCUT2D eigenvalue weighted by atomic mass is 31.2. The number of aliphatic hydroxyl groups is 1. The SMILES string of the molecule is CCC(CC)COC(=O)[C@H](C)NP(=O)(O)OC[C@@H]1C[C@@](C)(O)[C@](C#N)(n2ccc(N)nc2=O)O1. The molecule has 2 rings (SSSR count). The monoisotopic (exact) mass is 501 g/mol. The summed E-state index contributed by atoms with van der Waals surface area (Å²) in [5.74, 6) is -0.583. The van der Waals surface area contributed by atoms with Crippen molar-refractivity contribution in [2.75, 3.05) is 18.9 Å². The maximum absolute atomic E-state index is 12.4. The molecule has 1 aliphatic heterocycles. The molecule has 0 amide bonds. The molecule has 1 unspecified atom stereocenters. The molecular weight excluding hydrogens is 469 g/mol. The average Bonchev–Trinajstić information content (AvgIpc) is 3.03. The fourth-order valence-corrected chi connectivity index (χ4v) is 4.66. The number of ether oxygens (including phenoxy) is 2. The number of hydrogen-bond acceptors (Lipinski definition) is 10. The average molecular weight is 501 g/mol. The zero-order valence-corrected chi connectivity index (χ0v) is 20.5. The lowest BCUT2D eigenvalue weighted by Gasteiger charge is -2.33. The van der Waals surface area contributed by atoms with Gasteiger partial charge in [-0.2, -0.15) is 10.2 Å². The van der Waals surface area contributed by atoms with E-state index in [0.717, 1.165) is 17.4 Å². The molecule has 5 atom stereocenters. The van der Waals surface area contributed by atoms with Gasteiger partial charge in [-0.1, -0.05) is 26.7 Å². The van der Waals surface area contributed by atoms with E-state index in [1.54, 1.807) is 6.07 Å². The van der Waals surface area contributed by atoms with Gasteiger partial charge in [-0.05, 0) is 25.8 Å². The van der Waals surface area contributed by atoms with Crippen LogP contribution in [0.1, 0.15) is 47.0 Å². The van der Waals surface area contributed by atoms with Crippen molar-refractivity contribution in [2.24, 2.45) is 5.92 Å². The molecule has 190 valence electrons. The first-order valence-corrected chi connectivity index (χ1v) is 12.5. The van der Waals surface area contributed by atoms with Gasteiger partial charge in [0.05, 0.1) is 19.3 Å². The van der Waals surface area contributed by atoms with Gasteiger partial charge in [-0.3, -0.25) is 13.9 Å². The van der Waals surface area contributed by atoms with Gasteiger partial charge in [-0.15, -0.1) is 0 Å². The zero-order valence-electron chi connectivity index (χ0n) is 19.6. The lowest BCUT2D eigenvalue weighted by molar-refractivity contribution is -0.147. The van der Waals surface area contributed by atoms with Crippen molar-refractivity contribution in [2.45, 2.75) is 70.4 Å². The molecule has 1 fully saturated rings. The van der Waals surface area contributed by atoms with Gasteiger partial charge in [-0.25, -0.2) is 14.4 Å². The van der Waals surface area contributed by atoms with E-state index in [4.69, 9.17) is 19.7 Å². The molecule has 0 aromatic carbocycles. The molecule has 0 aliphatic carbocycles. The van der Waals surface area contributed by atoms with Crippen LogP contribution in [0, 0.1) is 17.2 Å². The summed E-state index contributed by atoms with van der Waals surface area (Å²) >= 11 is 0. The first-order chi connectivity index (χ1) is 15.8. The number of rotatable bonds is 11. The molecule has 0 saturated carbocycles. The van der Waals surface area contributed by atoms with Crippen LogP contribution in [0.25, 0.3) is 0 Å². The van der Waals surface area contributed by atoms with Crippen molar-refractivity contribution in [3.05, 3.63) is 22.7 Å². The van der Waals surface area contributed by atoms with Crippen molar-refractivity contribution < 1.29 is 33.4 Å². The van der Waals surface area contributed by atoms with Gasteiger partial charge in [0.1, 0.15) is 23.5 Å². The lowest BCUT2D eigenvalue weighted by atomic mass is 9.91. The fraction of sp³-hybridized carbons (Fsp3) is 0.700. The van der Waals surface area contributed by atoms with E-state index in [1.165, 1.54) is 26.1 Å². The normalized spacial score (nSPS) is 27.2. The summed E-state index contributed by atoms with van der Waals surface area (Å²) in [6.07, 6.45) is 1.59. The number of carbonyl (C=O) groups excluding carboxylic acids is 1. The van der Waals surface area contributed by atoms with Gasteiger partial charge in [0.15, 0.2) is 0 Å². The van der Waals surface area contributed by atoms with Crippen LogP contribution in [-0.4, -0.2) is 56.5 Å². The molecule has 5 N–H and O–H groups in total. The molecular formula is C20H32N5O8P. The number of nitrogens with zero attached hydrogens (tertiary/aromatic N) is 3. The van der Waals surface area contributed by atoms with Crippen LogP contribution >= 0.6 is 7.75 Å². The number of anilines is 1. The molecule has 34 heavy (non-hydrogen) atoms. The Hall–Kier alpha value is -2.33. The van der Waals surface area contributed by atoms with Crippen molar-refractivity contribution in [1.29, 1.82) is 5.26 Å². The summed E-state index contributed by atoms with van der Waals surface area (Å²) in [5, 5.41) is 22.9. The van der Waals surface area contributed by atoms with E-state index >= 15 is 0 Å². The van der Waals surface area contributed by atoms with Crippen molar-refractivity contribution in [3.63, 3.8) is 0 Å². The van der Waals surface area contributed by atoms with Crippen LogP contribution < -0.4 is 16.5 Å². The van der Waals surface area contributed by atoms with E-state index < -0.39 is 49.5 Å². The van der Waals surface area contributed by atoms with Crippen LogP contribution in [0.4, 0.5) is 5.82 Å². The van der Waals surface area contributed by atoms with Crippen LogP contribution in [-0.2, 0) is 29.1 Å². The summed E-state index contributed by atoms with van der Waals surface area (Å²) < 4.78 is 29.1. The number of nitriles is 1. The molecule has 1 aromatic rings. The Morgan fingerprint density at radius 1 is 1.53 bits per heavy atom. The van der Waals surface area contributed by atoms with Gasteiger partial charge in [0.2, 0.25) is 0 Å². The number of nitrogens with one attached hydrogen (secondary N) is 1. The summed E-state index contributed by atoms with van der Waals surface area (Å²) in [5.41, 5.74) is 0.515. The Morgan fingerprint density at radius 3 is 2.74 bits per heavy atom. The molecule has 13 nitrogen and oxygen atoms in total. The highest BCUT2D eigenvalue weighted by molar-refractivity contribution is 7.50. The van der Waals surface area contributed by atoms with Gasteiger partial charge in [0.25, 0.3) is 5.72 Å². The second-order valence-electron chi connectivity index (χ2n) is 8.46. The predicted molar refractivity (Wildman–Crippen MR) is 120 cm³/mol. The molecule has 0 bridgehead atoms. The second kappa shape index (κ2) is 10.9. The summed E-state index contributed by atoms with van der Waals surface area (Å²) in [4.78, 5) is 38.1. The van der Waals surface area contributed by atoms with Gasteiger partial charge < -0.3 is 25.2 Å². The molecule has 0 spiro atoms. The highest BCUT2D eigenvalue weighted by Crippen LogP contribution is 2.45. The minimum absolute atomic E-state index is 0.0771. The van der Waals surface area contributed by atoms with E-state index in [9.17, 15) is 29.4 Å². The Bertz CT molecular complexity index is 1020. The summed E-state index contributed by atoms with van der Waals surface area (Å²) in [6, 6.07) is 1.93. The van der Waals surface area contributed by atoms with Crippen LogP contribution in [0.3, 0.4) is 0 Å². The van der Waals surface area contributed by atoms with E-state index in [1.807, 2.05) is 13.8 Å². The number of nitrogens with two attached hydrogens (primary N) is 1. The summed E-state index contributed by atoms with van der Waals surface area (Å²) in [7, 11) is -4.49. The maximum Gasteiger partial charge on any atom is 0.403 e. The van der Waals surface area contributed by atoms with Crippen molar-refractivity contribution in [3.8, 4) is 6.07 Å². The third-order valence-electron chi connectivity index (χ3n) is 5.77. The molecule has 0 radical (unpaired) electrons. The summed E-state index contributed by atoms with van der Waals surface area (Å²) in [6.45, 7) is 6.28. The van der Waals surface area contributed by atoms with Crippen LogP contribution in [0.5, 0.6) is 0 Å². The van der Waals surface area contributed by atoms with Gasteiger partial charge >= 0.3 is 19.4 Å². The first kappa shape index (κ1) is 27.9. The van der Waals surface area contributed by atoms with Crippen molar-refractivity contribution in [1.82, 2.24) is 14.6 Å². The smallest absolute Gasteiger partial charge is 0.403 e. The lowest BCUT2D eigenvalue weighted by Crippen LogP contribution is -2.54. The Morgan fingerprint density at radius 2 is 2.18 bits per heavy atom. The molecule has 1 aromatic heterocycles. The number of aromatic nitrogens is 2. The fourth-order valence-electron chi connectivity index (χ4n) is 3.63. The molecule has 2 heterocycles. The number of nitrogen functional groups attached to an aromatic ring is 1. The Kier molecular flexibility index (Phi) is 8.98. The largest absolute Gasteiger partial charge is 0.464 e. The minimum Gasteiger partial charge on any atom is -0.464 e. The Balaban J connectivity index is 2.03.